The van der Waals surface area contributed by atoms with Gasteiger partial charge in [-0.05, 0) is 59.7 Å². The Kier molecular flexibility index (Phi) is 5.61. The fourth-order valence-corrected chi connectivity index (χ4v) is 3.01. The Morgan fingerprint density at radius 3 is 2.33 bits per heavy atom. The number of nitrogens with one attached hydrogen (secondary N) is 2. The van der Waals surface area contributed by atoms with E-state index in [4.69, 9.17) is 9.47 Å². The maximum absolute atomic E-state index is 13.0. The van der Waals surface area contributed by atoms with Gasteiger partial charge in [0.05, 0.1) is 6.42 Å². The predicted molar refractivity (Wildman–Crippen MR) is 109 cm³/mol. The Labute approximate surface area is 172 Å². The minimum absolute atomic E-state index is 0.109. The number of rotatable bonds is 6. The van der Waals surface area contributed by atoms with Crippen LogP contribution in [0.15, 0.2) is 66.7 Å². The average molecular weight is 406 g/mol. The van der Waals surface area contributed by atoms with Crippen molar-refractivity contribution in [2.24, 2.45) is 0 Å². The molecule has 0 atom stereocenters. The van der Waals surface area contributed by atoms with Crippen LogP contribution < -0.4 is 20.1 Å². The molecule has 6 nitrogen and oxygen atoms in total. The first-order chi connectivity index (χ1) is 14.6. The lowest BCUT2D eigenvalue weighted by Gasteiger charge is -2.08. The van der Waals surface area contributed by atoms with Gasteiger partial charge in [0.15, 0.2) is 11.5 Å². The molecule has 0 bridgehead atoms. The van der Waals surface area contributed by atoms with Gasteiger partial charge in [-0.2, -0.15) is 0 Å². The predicted octanol–water partition coefficient (Wildman–Crippen LogP) is 3.67. The quantitative estimate of drug-likeness (QED) is 0.655. The molecule has 0 spiro atoms. The SMILES string of the molecule is O=C(Cc1ccc2c(c1)OCO2)NCc1ccc(NC(=O)c2ccc(F)cc2)cc1. The molecule has 3 aromatic rings. The Morgan fingerprint density at radius 1 is 0.867 bits per heavy atom. The summed E-state index contributed by atoms with van der Waals surface area (Å²) >= 11 is 0. The van der Waals surface area contributed by atoms with E-state index in [2.05, 4.69) is 10.6 Å². The van der Waals surface area contributed by atoms with Crippen LogP contribution in [0.3, 0.4) is 0 Å². The molecule has 1 aliphatic heterocycles. The molecule has 0 saturated heterocycles. The van der Waals surface area contributed by atoms with Gasteiger partial charge in [-0.3, -0.25) is 9.59 Å². The monoisotopic (exact) mass is 406 g/mol. The van der Waals surface area contributed by atoms with Gasteiger partial charge in [-0.15, -0.1) is 0 Å². The van der Waals surface area contributed by atoms with Crippen molar-refractivity contribution in [3.05, 3.63) is 89.2 Å². The van der Waals surface area contributed by atoms with Gasteiger partial charge in [0.1, 0.15) is 5.82 Å². The molecule has 7 heteroatoms. The number of hydrogen-bond donors (Lipinski definition) is 2. The standard InChI is InChI=1S/C23H19FN2O4/c24-18-6-4-17(5-7-18)23(28)26-19-8-1-15(2-9-19)13-25-22(27)12-16-3-10-20-21(11-16)30-14-29-20/h1-11H,12-14H2,(H,25,27)(H,26,28). The summed E-state index contributed by atoms with van der Waals surface area (Å²) in [5, 5.41) is 5.62. The Bertz CT molecular complexity index is 1070. The molecule has 30 heavy (non-hydrogen) atoms. The van der Waals surface area contributed by atoms with Crippen LogP contribution in [0, 0.1) is 5.82 Å². The van der Waals surface area contributed by atoms with E-state index in [1.54, 1.807) is 24.3 Å². The largest absolute Gasteiger partial charge is 0.454 e. The zero-order chi connectivity index (χ0) is 20.9. The number of carbonyl (C=O) groups excluding carboxylic acids is 2. The van der Waals surface area contributed by atoms with Gasteiger partial charge in [0.2, 0.25) is 12.7 Å². The van der Waals surface area contributed by atoms with Gasteiger partial charge >= 0.3 is 0 Å². The number of benzene rings is 3. The third-order valence-electron chi connectivity index (χ3n) is 4.61. The van der Waals surface area contributed by atoms with Crippen molar-refractivity contribution in [1.82, 2.24) is 5.32 Å². The molecular weight excluding hydrogens is 387 g/mol. The molecule has 1 aliphatic rings. The highest BCUT2D eigenvalue weighted by Crippen LogP contribution is 2.32. The van der Waals surface area contributed by atoms with E-state index < -0.39 is 5.82 Å². The normalized spacial score (nSPS) is 11.8. The first-order valence-electron chi connectivity index (χ1n) is 9.38. The van der Waals surface area contributed by atoms with Crippen molar-refractivity contribution < 1.29 is 23.5 Å². The number of amides is 2. The lowest BCUT2D eigenvalue weighted by atomic mass is 10.1. The van der Waals surface area contributed by atoms with Crippen molar-refractivity contribution in [3.8, 4) is 11.5 Å². The van der Waals surface area contributed by atoms with Crippen LogP contribution in [0.5, 0.6) is 11.5 Å². The first kappa shape index (κ1) is 19.4. The number of hydrogen-bond acceptors (Lipinski definition) is 4. The van der Waals surface area contributed by atoms with E-state index in [0.29, 0.717) is 29.3 Å². The maximum atomic E-state index is 13.0. The van der Waals surface area contributed by atoms with Gasteiger partial charge in [-0.25, -0.2) is 4.39 Å². The molecule has 2 amide bonds. The Balaban J connectivity index is 1.27. The number of fused-ring (bicyclic) bond motifs is 1. The van der Waals surface area contributed by atoms with E-state index >= 15 is 0 Å². The molecule has 1 heterocycles. The molecule has 3 aromatic carbocycles. The number of carbonyl (C=O) groups is 2. The van der Waals surface area contributed by atoms with Gasteiger partial charge in [-0.1, -0.05) is 18.2 Å². The summed E-state index contributed by atoms with van der Waals surface area (Å²) in [6.07, 6.45) is 0.239. The van der Waals surface area contributed by atoms with Crippen LogP contribution in [0.25, 0.3) is 0 Å². The highest BCUT2D eigenvalue weighted by Gasteiger charge is 2.14. The van der Waals surface area contributed by atoms with Crippen molar-refractivity contribution in [1.29, 1.82) is 0 Å². The number of anilines is 1. The van der Waals surface area contributed by atoms with Gasteiger partial charge in [0.25, 0.3) is 5.91 Å². The summed E-state index contributed by atoms with van der Waals surface area (Å²) in [6.45, 7) is 0.570. The van der Waals surface area contributed by atoms with Gasteiger partial charge < -0.3 is 20.1 Å². The zero-order valence-electron chi connectivity index (χ0n) is 16.0. The van der Waals surface area contributed by atoms with Crippen LogP contribution in [-0.2, 0) is 17.8 Å². The lowest BCUT2D eigenvalue weighted by Crippen LogP contribution is -2.24. The van der Waals surface area contributed by atoms with E-state index in [0.717, 1.165) is 11.1 Å². The smallest absolute Gasteiger partial charge is 0.255 e. The Morgan fingerprint density at radius 2 is 1.57 bits per heavy atom. The molecule has 4 rings (SSSR count). The summed E-state index contributed by atoms with van der Waals surface area (Å²) in [7, 11) is 0. The molecular formula is C23H19FN2O4. The highest BCUT2D eigenvalue weighted by atomic mass is 19.1. The number of halogens is 1. The maximum Gasteiger partial charge on any atom is 0.255 e. The molecule has 2 N–H and O–H groups in total. The van der Waals surface area contributed by atoms with E-state index in [-0.39, 0.29) is 25.0 Å². The average Bonchev–Trinajstić information content (AvgIpc) is 3.21. The van der Waals surface area contributed by atoms with Crippen LogP contribution in [0.2, 0.25) is 0 Å². The molecule has 0 radical (unpaired) electrons. The summed E-state index contributed by atoms with van der Waals surface area (Å²) in [5.74, 6) is 0.517. The highest BCUT2D eigenvalue weighted by molar-refractivity contribution is 6.04. The van der Waals surface area contributed by atoms with E-state index in [9.17, 15) is 14.0 Å². The summed E-state index contributed by atoms with van der Waals surface area (Å²) in [6, 6.07) is 17.9. The van der Waals surface area contributed by atoms with Crippen LogP contribution >= 0.6 is 0 Å². The molecule has 152 valence electrons. The fraction of sp³-hybridized carbons (Fsp3) is 0.130. The topological polar surface area (TPSA) is 76.7 Å². The van der Waals surface area contributed by atoms with Crippen LogP contribution in [0.1, 0.15) is 21.5 Å². The van der Waals surface area contributed by atoms with Crippen LogP contribution in [-0.4, -0.2) is 18.6 Å². The second kappa shape index (κ2) is 8.65. The molecule has 0 aliphatic carbocycles. The Hall–Kier alpha value is -3.87. The summed E-state index contributed by atoms with van der Waals surface area (Å²) in [5.41, 5.74) is 2.72. The lowest BCUT2D eigenvalue weighted by molar-refractivity contribution is -0.120. The van der Waals surface area contributed by atoms with E-state index in [1.165, 1.54) is 24.3 Å². The van der Waals surface area contributed by atoms with Crippen molar-refractivity contribution in [2.75, 3.05) is 12.1 Å². The van der Waals surface area contributed by atoms with E-state index in [1.807, 2.05) is 18.2 Å². The second-order valence-electron chi connectivity index (χ2n) is 6.80. The molecule has 0 saturated carbocycles. The molecule has 0 unspecified atom stereocenters. The summed E-state index contributed by atoms with van der Waals surface area (Å²) < 4.78 is 23.5. The molecule has 0 aromatic heterocycles. The zero-order valence-corrected chi connectivity index (χ0v) is 16.0. The van der Waals surface area contributed by atoms with Crippen LogP contribution in [0.4, 0.5) is 10.1 Å². The van der Waals surface area contributed by atoms with Crippen molar-refractivity contribution >= 4 is 17.5 Å². The third-order valence-corrected chi connectivity index (χ3v) is 4.61. The van der Waals surface area contributed by atoms with Gasteiger partial charge in [0, 0.05) is 17.8 Å². The van der Waals surface area contributed by atoms with Crippen molar-refractivity contribution in [2.45, 2.75) is 13.0 Å². The first-order valence-corrected chi connectivity index (χ1v) is 9.38. The number of ether oxygens (including phenoxy) is 2. The minimum Gasteiger partial charge on any atom is -0.454 e. The minimum atomic E-state index is -0.392. The second-order valence-corrected chi connectivity index (χ2v) is 6.80. The molecule has 0 fully saturated rings. The fourth-order valence-electron chi connectivity index (χ4n) is 3.01. The third kappa shape index (κ3) is 4.75. The van der Waals surface area contributed by atoms with Crippen molar-refractivity contribution in [3.63, 3.8) is 0 Å². The summed E-state index contributed by atoms with van der Waals surface area (Å²) in [4.78, 5) is 24.4.